The van der Waals surface area contributed by atoms with E-state index in [0.29, 0.717) is 53.2 Å². The molecule has 1 amide bonds. The first-order valence-electron chi connectivity index (χ1n) is 9.17. The molecule has 3 rings (SSSR count). The number of amides is 1. The summed E-state index contributed by atoms with van der Waals surface area (Å²) >= 11 is 6.50. The van der Waals surface area contributed by atoms with Gasteiger partial charge >= 0.3 is 0 Å². The first-order valence-corrected chi connectivity index (χ1v) is 10.4. The Kier molecular flexibility index (Phi) is 7.37. The molecule has 2 aromatic heterocycles. The summed E-state index contributed by atoms with van der Waals surface area (Å²) in [6.07, 6.45) is 4.36. The average molecular weight is 435 g/mol. The smallest absolute Gasteiger partial charge is 0.267 e. The van der Waals surface area contributed by atoms with E-state index in [4.69, 9.17) is 22.1 Å². The highest BCUT2D eigenvalue weighted by molar-refractivity contribution is 8.26. The lowest BCUT2D eigenvalue weighted by atomic mass is 10.2. The lowest BCUT2D eigenvalue weighted by Crippen LogP contribution is -2.29. The fraction of sp³-hybridized carbons (Fsp3) is 0.368. The largest absolute Gasteiger partial charge is 0.396 e. The van der Waals surface area contributed by atoms with E-state index in [1.807, 2.05) is 0 Å². The third kappa shape index (κ3) is 4.84. The van der Waals surface area contributed by atoms with E-state index >= 15 is 0 Å². The number of nitrogens with one attached hydrogen (secondary N) is 1. The SMILES string of the molecule is COCCCN1C(=O)C(=Cc2c(NCCCO)nc3ccccn3c2=O)SC1=S. The van der Waals surface area contributed by atoms with Gasteiger partial charge in [-0.1, -0.05) is 30.0 Å². The van der Waals surface area contributed by atoms with Crippen LogP contribution in [0.15, 0.2) is 34.1 Å². The number of ether oxygens (including phenoxy) is 1. The van der Waals surface area contributed by atoms with Crippen molar-refractivity contribution in [2.75, 3.05) is 38.7 Å². The van der Waals surface area contributed by atoms with Crippen LogP contribution >= 0.6 is 24.0 Å². The van der Waals surface area contributed by atoms with Gasteiger partial charge in [0.2, 0.25) is 0 Å². The average Bonchev–Trinajstić information content (AvgIpc) is 2.98. The van der Waals surface area contributed by atoms with Crippen molar-refractivity contribution in [2.45, 2.75) is 12.8 Å². The van der Waals surface area contributed by atoms with Crippen LogP contribution in [0.5, 0.6) is 0 Å². The van der Waals surface area contributed by atoms with Crippen molar-refractivity contribution in [3.63, 3.8) is 0 Å². The molecule has 0 unspecified atom stereocenters. The molecule has 29 heavy (non-hydrogen) atoms. The van der Waals surface area contributed by atoms with Gasteiger partial charge in [-0.2, -0.15) is 0 Å². The molecule has 0 radical (unpaired) electrons. The van der Waals surface area contributed by atoms with Crippen LogP contribution in [-0.2, 0) is 9.53 Å². The minimum absolute atomic E-state index is 0.0228. The van der Waals surface area contributed by atoms with Crippen LogP contribution in [0.2, 0.25) is 0 Å². The Morgan fingerprint density at radius 1 is 1.34 bits per heavy atom. The standard InChI is InChI=1S/C19H22N4O4S2/c1-27-11-5-9-23-18(26)14(29-19(23)28)12-13-16(20-7-4-10-24)21-15-6-2-3-8-22(15)17(13)25/h2-3,6,8,12,20,24H,4-5,7,9-11H2,1H3. The van der Waals surface area contributed by atoms with Crippen molar-refractivity contribution in [1.29, 1.82) is 0 Å². The van der Waals surface area contributed by atoms with Crippen molar-refractivity contribution in [2.24, 2.45) is 0 Å². The summed E-state index contributed by atoms with van der Waals surface area (Å²) < 4.78 is 6.92. The van der Waals surface area contributed by atoms with Gasteiger partial charge in [0.1, 0.15) is 15.8 Å². The predicted octanol–water partition coefficient (Wildman–Crippen LogP) is 1.73. The van der Waals surface area contributed by atoms with Crippen molar-refractivity contribution >= 4 is 51.7 Å². The van der Waals surface area contributed by atoms with Crippen molar-refractivity contribution in [1.82, 2.24) is 14.3 Å². The van der Waals surface area contributed by atoms with Crippen LogP contribution < -0.4 is 10.9 Å². The van der Waals surface area contributed by atoms with Crippen LogP contribution in [0.3, 0.4) is 0 Å². The molecule has 1 fully saturated rings. The quantitative estimate of drug-likeness (QED) is 0.350. The van der Waals surface area contributed by atoms with Gasteiger partial charge in [0.15, 0.2) is 0 Å². The second-order valence-electron chi connectivity index (χ2n) is 6.29. The number of anilines is 1. The number of hydrogen-bond acceptors (Lipinski definition) is 8. The van der Waals surface area contributed by atoms with Crippen molar-refractivity contribution in [3.8, 4) is 0 Å². The Morgan fingerprint density at radius 3 is 2.93 bits per heavy atom. The molecule has 154 valence electrons. The van der Waals surface area contributed by atoms with E-state index in [1.54, 1.807) is 37.6 Å². The van der Waals surface area contributed by atoms with Gasteiger partial charge in [0.25, 0.3) is 11.5 Å². The fourth-order valence-electron chi connectivity index (χ4n) is 2.84. The van der Waals surface area contributed by atoms with Gasteiger partial charge < -0.3 is 15.2 Å². The maximum absolute atomic E-state index is 13.1. The third-order valence-corrected chi connectivity index (χ3v) is 5.65. The summed E-state index contributed by atoms with van der Waals surface area (Å²) in [6, 6.07) is 5.27. The molecular formula is C19H22N4O4S2. The first kappa shape index (κ1) is 21.4. The molecule has 2 aromatic rings. The van der Waals surface area contributed by atoms with E-state index in [1.165, 1.54) is 21.1 Å². The second kappa shape index (κ2) is 9.97. The van der Waals surface area contributed by atoms with Crippen LogP contribution in [0.4, 0.5) is 5.82 Å². The summed E-state index contributed by atoms with van der Waals surface area (Å²) in [7, 11) is 1.61. The lowest BCUT2D eigenvalue weighted by Gasteiger charge is -2.13. The maximum atomic E-state index is 13.1. The number of carbonyl (C=O) groups excluding carboxylic acids is 1. The zero-order valence-electron chi connectivity index (χ0n) is 16.0. The zero-order chi connectivity index (χ0) is 20.8. The molecule has 0 saturated carbocycles. The fourth-order valence-corrected chi connectivity index (χ4v) is 4.13. The highest BCUT2D eigenvalue weighted by Gasteiger charge is 2.32. The number of pyridine rings is 1. The van der Waals surface area contributed by atoms with Gasteiger partial charge in [0, 0.05) is 39.6 Å². The maximum Gasteiger partial charge on any atom is 0.267 e. The number of hydrogen-bond donors (Lipinski definition) is 2. The summed E-state index contributed by atoms with van der Waals surface area (Å²) in [4.78, 5) is 32.3. The van der Waals surface area contributed by atoms with Crippen LogP contribution in [0.1, 0.15) is 18.4 Å². The Hall–Kier alpha value is -2.27. The van der Waals surface area contributed by atoms with Gasteiger partial charge in [-0.05, 0) is 31.1 Å². The molecule has 8 nitrogen and oxygen atoms in total. The molecule has 1 saturated heterocycles. The summed E-state index contributed by atoms with van der Waals surface area (Å²) in [5.41, 5.74) is 0.490. The lowest BCUT2D eigenvalue weighted by molar-refractivity contribution is -0.122. The van der Waals surface area contributed by atoms with Crippen LogP contribution in [0, 0.1) is 0 Å². The number of aliphatic hydroxyl groups is 1. The second-order valence-corrected chi connectivity index (χ2v) is 7.97. The molecule has 0 spiro atoms. The van der Waals surface area contributed by atoms with E-state index in [9.17, 15) is 9.59 Å². The molecule has 10 heteroatoms. The minimum atomic E-state index is -0.285. The first-order chi connectivity index (χ1) is 14.1. The zero-order valence-corrected chi connectivity index (χ0v) is 17.6. The van der Waals surface area contributed by atoms with Gasteiger partial charge in [-0.25, -0.2) is 4.98 Å². The van der Waals surface area contributed by atoms with Crippen molar-refractivity contribution in [3.05, 3.63) is 45.2 Å². The van der Waals surface area contributed by atoms with Gasteiger partial charge in [-0.15, -0.1) is 0 Å². The third-order valence-electron chi connectivity index (χ3n) is 4.28. The molecule has 2 N–H and O–H groups in total. The monoisotopic (exact) mass is 434 g/mol. The number of nitrogens with zero attached hydrogens (tertiary/aromatic N) is 3. The number of aliphatic hydroxyl groups excluding tert-OH is 1. The van der Waals surface area contributed by atoms with E-state index < -0.39 is 0 Å². The van der Waals surface area contributed by atoms with Crippen LogP contribution in [0.25, 0.3) is 11.7 Å². The number of carbonyl (C=O) groups is 1. The number of aromatic nitrogens is 2. The molecule has 1 aliphatic rings. The number of fused-ring (bicyclic) bond motifs is 1. The number of rotatable bonds is 9. The topological polar surface area (TPSA) is 96.2 Å². The van der Waals surface area contributed by atoms with Crippen molar-refractivity contribution < 1.29 is 14.6 Å². The van der Waals surface area contributed by atoms with Gasteiger partial charge in [-0.3, -0.25) is 18.9 Å². The number of thiocarbonyl (C=S) groups is 1. The molecular weight excluding hydrogens is 412 g/mol. The van der Waals surface area contributed by atoms with E-state index in [2.05, 4.69) is 10.3 Å². The minimum Gasteiger partial charge on any atom is -0.396 e. The van der Waals surface area contributed by atoms with E-state index in [-0.39, 0.29) is 23.6 Å². The molecule has 1 aliphatic heterocycles. The summed E-state index contributed by atoms with van der Waals surface area (Å²) in [6.45, 7) is 1.47. The summed E-state index contributed by atoms with van der Waals surface area (Å²) in [5.74, 6) is 0.147. The molecule has 0 aromatic carbocycles. The van der Waals surface area contributed by atoms with E-state index in [0.717, 1.165) is 0 Å². The Bertz CT molecular complexity index is 1010. The molecule has 0 atom stereocenters. The molecule has 0 bridgehead atoms. The number of methoxy groups -OCH3 is 1. The van der Waals surface area contributed by atoms with Gasteiger partial charge in [0.05, 0.1) is 10.5 Å². The Balaban J connectivity index is 1.98. The summed E-state index contributed by atoms with van der Waals surface area (Å²) in [5, 5.41) is 12.1. The van der Waals surface area contributed by atoms with Crippen LogP contribution in [-0.4, -0.2) is 63.0 Å². The normalized spacial score (nSPS) is 15.7. The highest BCUT2D eigenvalue weighted by atomic mass is 32.2. The molecule has 0 aliphatic carbocycles. The Labute approximate surface area is 177 Å². The Morgan fingerprint density at radius 2 is 2.17 bits per heavy atom. The highest BCUT2D eigenvalue weighted by Crippen LogP contribution is 2.33. The number of thioether (sulfide) groups is 1. The predicted molar refractivity (Wildman–Crippen MR) is 118 cm³/mol. The molecule has 3 heterocycles.